The van der Waals surface area contributed by atoms with Gasteiger partial charge in [-0.2, -0.15) is 0 Å². The van der Waals surface area contributed by atoms with Crippen molar-refractivity contribution in [3.63, 3.8) is 0 Å². The molecule has 0 unspecified atom stereocenters. The number of aliphatic imine (C=N–C) groups is 2. The van der Waals surface area contributed by atoms with E-state index in [1.807, 2.05) is 12.4 Å². The molecule has 8 nitrogen and oxygen atoms in total. The molecule has 0 saturated carbocycles. The first kappa shape index (κ1) is 41.6. The third-order valence-electron chi connectivity index (χ3n) is 15.5. The zero-order valence-corrected chi connectivity index (χ0v) is 39.9. The van der Waals surface area contributed by atoms with Crippen molar-refractivity contribution >= 4 is 66.7 Å². The summed E-state index contributed by atoms with van der Waals surface area (Å²) in [6.45, 7) is 17.9. The van der Waals surface area contributed by atoms with E-state index in [9.17, 15) is 0 Å². The summed E-state index contributed by atoms with van der Waals surface area (Å²) >= 11 is 0. The molecule has 6 aromatic carbocycles. The molecule has 68 heavy (non-hydrogen) atoms. The van der Waals surface area contributed by atoms with Crippen LogP contribution in [0, 0.1) is 0 Å². The van der Waals surface area contributed by atoms with Crippen molar-refractivity contribution in [3.05, 3.63) is 194 Å². The van der Waals surface area contributed by atoms with Crippen molar-refractivity contribution in [1.82, 2.24) is 19.1 Å². The van der Waals surface area contributed by atoms with Crippen molar-refractivity contribution in [1.29, 1.82) is 0 Å². The molecule has 4 aromatic heterocycles. The monoisotopic (exact) mass is 886 g/mol. The van der Waals surface area contributed by atoms with E-state index < -0.39 is 0 Å². The Balaban J connectivity index is 0.905. The summed E-state index contributed by atoms with van der Waals surface area (Å²) in [5.41, 5.74) is 11.7. The van der Waals surface area contributed by atoms with E-state index in [4.69, 9.17) is 20.0 Å². The number of amidine groups is 2. The zero-order valence-electron chi connectivity index (χ0n) is 39.9. The molecule has 6 heterocycles. The molecule has 8 heteroatoms. The summed E-state index contributed by atoms with van der Waals surface area (Å²) in [4.78, 5) is 25.5. The highest BCUT2D eigenvalue weighted by Gasteiger charge is 2.51. The number of pyridine rings is 2. The van der Waals surface area contributed by atoms with Crippen LogP contribution in [-0.2, 0) is 0 Å². The number of hydrogen-bond acceptors (Lipinski definition) is 6. The molecule has 2 aliphatic rings. The number of aromatic nitrogens is 4. The number of anilines is 2. The average Bonchev–Trinajstić information content (AvgIpc) is 3.98. The first-order valence-electron chi connectivity index (χ1n) is 23.6. The molecule has 0 bridgehead atoms. The quantitative estimate of drug-likeness (QED) is 0.160. The predicted octanol–water partition coefficient (Wildman–Crippen LogP) is 14.0. The molecule has 0 aliphatic carbocycles. The standard InChI is InChI=1S/C60H54N8/c1-57(2)59(5,6)67(41-19-11-9-12-20-41)55(63-57)49-31-29-43(37-61-49)65-51-25-17-15-23-45(51)47-35-39(27-33-53(47)65)40-28-34-54-48(36-40)46-24-16-18-26-52(46)66(54)44-30-32-50(62-38-44)56-64-58(3,4)60(7,8)68(56)42-21-13-10-14-22-42/h9-38H,1-8H3. The minimum Gasteiger partial charge on any atom is -0.317 e. The second-order valence-electron chi connectivity index (χ2n) is 20.4. The van der Waals surface area contributed by atoms with Gasteiger partial charge in [-0.1, -0.05) is 84.9 Å². The van der Waals surface area contributed by atoms with Crippen LogP contribution in [0.15, 0.2) is 192 Å². The minimum absolute atomic E-state index is 0.257. The second-order valence-corrected chi connectivity index (χ2v) is 20.4. The van der Waals surface area contributed by atoms with Gasteiger partial charge in [-0.05, 0) is 151 Å². The number of hydrogen-bond donors (Lipinski definition) is 0. The molecular weight excluding hydrogens is 833 g/mol. The number of rotatable bonds is 7. The fourth-order valence-corrected chi connectivity index (χ4v) is 10.5. The Morgan fingerprint density at radius 3 is 1.09 bits per heavy atom. The highest BCUT2D eigenvalue weighted by Crippen LogP contribution is 2.44. The molecule has 2 aliphatic heterocycles. The number of fused-ring (bicyclic) bond motifs is 6. The Hall–Kier alpha value is -7.84. The molecule has 0 fully saturated rings. The summed E-state index contributed by atoms with van der Waals surface area (Å²) in [7, 11) is 0. The van der Waals surface area contributed by atoms with Crippen LogP contribution in [0.3, 0.4) is 0 Å². The van der Waals surface area contributed by atoms with Crippen molar-refractivity contribution in [2.45, 2.75) is 77.5 Å². The molecule has 0 spiro atoms. The number of benzene rings is 6. The molecule has 0 amide bonds. The van der Waals surface area contributed by atoms with Gasteiger partial charge in [-0.25, -0.2) is 0 Å². The minimum atomic E-state index is -0.318. The molecule has 0 atom stereocenters. The lowest BCUT2D eigenvalue weighted by molar-refractivity contribution is 0.338. The molecule has 334 valence electrons. The van der Waals surface area contributed by atoms with Gasteiger partial charge in [0, 0.05) is 32.9 Å². The third kappa shape index (κ3) is 6.12. The normalized spacial score (nSPS) is 17.1. The summed E-state index contributed by atoms with van der Waals surface area (Å²) in [6.07, 6.45) is 3.99. The van der Waals surface area contributed by atoms with E-state index in [0.29, 0.717) is 0 Å². The van der Waals surface area contributed by atoms with Crippen LogP contribution in [0.5, 0.6) is 0 Å². The fourth-order valence-electron chi connectivity index (χ4n) is 10.5. The van der Waals surface area contributed by atoms with Crippen LogP contribution in [-0.4, -0.2) is 52.9 Å². The predicted molar refractivity (Wildman–Crippen MR) is 283 cm³/mol. The number of nitrogens with zero attached hydrogens (tertiary/aromatic N) is 8. The zero-order chi connectivity index (χ0) is 46.7. The van der Waals surface area contributed by atoms with Gasteiger partial charge in [-0.15, -0.1) is 0 Å². The highest BCUT2D eigenvalue weighted by atomic mass is 15.4. The second kappa shape index (κ2) is 14.8. The van der Waals surface area contributed by atoms with E-state index in [-0.39, 0.29) is 22.2 Å². The first-order chi connectivity index (χ1) is 32.7. The van der Waals surface area contributed by atoms with Crippen LogP contribution < -0.4 is 9.80 Å². The Morgan fingerprint density at radius 1 is 0.338 bits per heavy atom. The van der Waals surface area contributed by atoms with Gasteiger partial charge in [-0.3, -0.25) is 20.0 Å². The smallest absolute Gasteiger partial charge is 0.155 e. The van der Waals surface area contributed by atoms with Crippen molar-refractivity contribution in [2.24, 2.45) is 9.98 Å². The van der Waals surface area contributed by atoms with Crippen LogP contribution in [0.25, 0.3) is 66.1 Å². The lowest BCUT2D eigenvalue weighted by atomic mass is 9.83. The molecule has 12 rings (SSSR count). The van der Waals surface area contributed by atoms with Gasteiger partial charge in [0.15, 0.2) is 11.7 Å². The molecule has 10 aromatic rings. The van der Waals surface area contributed by atoms with E-state index in [1.165, 1.54) is 21.5 Å². The summed E-state index contributed by atoms with van der Waals surface area (Å²) in [6, 6.07) is 60.8. The largest absolute Gasteiger partial charge is 0.317 e. The van der Waals surface area contributed by atoms with Crippen molar-refractivity contribution < 1.29 is 0 Å². The molecule has 0 N–H and O–H groups in total. The fraction of sp³-hybridized carbons (Fsp3) is 0.200. The molecular formula is C60H54N8. The van der Waals surface area contributed by atoms with Crippen LogP contribution >= 0.6 is 0 Å². The Morgan fingerprint density at radius 2 is 0.706 bits per heavy atom. The highest BCUT2D eigenvalue weighted by molar-refractivity contribution is 6.15. The molecule has 0 radical (unpaired) electrons. The SMILES string of the molecule is CC1(C)N=C(c2ccc(-n3c4ccccc4c4cc(-c5ccc6c(c5)c5ccccc5n6-c5ccc(C6=NC(C)(C)C(C)(C)N6c6ccccc6)nc5)ccc43)cn2)N(c2ccccc2)C1(C)C. The van der Waals surface area contributed by atoms with E-state index in [0.717, 1.165) is 79.0 Å². The summed E-state index contributed by atoms with van der Waals surface area (Å²) in [5.74, 6) is 1.77. The number of para-hydroxylation sites is 4. The van der Waals surface area contributed by atoms with E-state index >= 15 is 0 Å². The van der Waals surface area contributed by atoms with Gasteiger partial charge >= 0.3 is 0 Å². The summed E-state index contributed by atoms with van der Waals surface area (Å²) < 4.78 is 4.67. The van der Waals surface area contributed by atoms with E-state index in [2.05, 4.69) is 244 Å². The Labute approximate surface area is 397 Å². The first-order valence-corrected chi connectivity index (χ1v) is 23.6. The van der Waals surface area contributed by atoms with Gasteiger partial charge in [0.1, 0.15) is 11.4 Å². The lowest BCUT2D eigenvalue weighted by Gasteiger charge is -2.41. The molecule has 0 saturated heterocycles. The van der Waals surface area contributed by atoms with Crippen LogP contribution in [0.4, 0.5) is 11.4 Å². The van der Waals surface area contributed by atoms with Crippen LogP contribution in [0.2, 0.25) is 0 Å². The maximum absolute atomic E-state index is 5.28. The van der Waals surface area contributed by atoms with Gasteiger partial charge < -0.3 is 18.9 Å². The van der Waals surface area contributed by atoms with Gasteiger partial charge in [0.05, 0.1) is 68.0 Å². The van der Waals surface area contributed by atoms with Crippen molar-refractivity contribution in [3.8, 4) is 22.5 Å². The van der Waals surface area contributed by atoms with Crippen molar-refractivity contribution in [2.75, 3.05) is 9.80 Å². The Kier molecular flexibility index (Phi) is 9.07. The van der Waals surface area contributed by atoms with Gasteiger partial charge in [0.25, 0.3) is 0 Å². The lowest BCUT2D eigenvalue weighted by Crippen LogP contribution is -2.53. The summed E-state index contributed by atoms with van der Waals surface area (Å²) in [5, 5.41) is 4.78. The maximum atomic E-state index is 5.28. The van der Waals surface area contributed by atoms with Crippen LogP contribution in [0.1, 0.15) is 66.8 Å². The topological polar surface area (TPSA) is 66.8 Å². The third-order valence-corrected chi connectivity index (χ3v) is 15.5. The average molecular weight is 887 g/mol. The van der Waals surface area contributed by atoms with Gasteiger partial charge in [0.2, 0.25) is 0 Å². The Bertz CT molecular complexity index is 3420. The maximum Gasteiger partial charge on any atom is 0.155 e. The van der Waals surface area contributed by atoms with E-state index in [1.54, 1.807) is 0 Å².